The molecule has 0 N–H and O–H groups in total. The van der Waals surface area contributed by atoms with Crippen molar-refractivity contribution in [3.05, 3.63) is 34.7 Å². The first kappa shape index (κ1) is 15.5. The van der Waals surface area contributed by atoms with Crippen LogP contribution in [0, 0.1) is 0 Å². The molecule has 0 spiro atoms. The Morgan fingerprint density at radius 3 is 2.74 bits per heavy atom. The summed E-state index contributed by atoms with van der Waals surface area (Å²) in [5.41, 5.74) is 0.548. The highest BCUT2D eigenvalue weighted by Crippen LogP contribution is 2.32. The molecule has 0 aliphatic carbocycles. The van der Waals surface area contributed by atoms with Gasteiger partial charge in [-0.15, -0.1) is 0 Å². The van der Waals surface area contributed by atoms with Gasteiger partial charge in [0.2, 0.25) is 9.84 Å². The number of nitrogens with zero attached hydrogens (tertiary/aromatic N) is 1. The smallest absolute Gasteiger partial charge is 0.410 e. The minimum Gasteiger partial charge on any atom is -0.548 e. The minimum atomic E-state index is -3.66. The van der Waals surface area contributed by atoms with E-state index in [1.54, 1.807) is 18.2 Å². The molecule has 7 nitrogen and oxygen atoms in total. The van der Waals surface area contributed by atoms with E-state index in [1.807, 2.05) is 0 Å². The largest absolute Gasteiger partial charge is 0.548 e. The topological polar surface area (TPSA) is 104 Å². The number of benzene rings is 1. The number of aliphatic carboxylic acids is 1. The van der Waals surface area contributed by atoms with E-state index in [-0.39, 0.29) is 16.3 Å². The number of amides is 1. The van der Waals surface area contributed by atoms with Crippen molar-refractivity contribution in [2.24, 2.45) is 0 Å². The average Bonchev–Trinajstić information content (AvgIpc) is 3.09. The lowest BCUT2D eigenvalue weighted by atomic mass is 10.2. The third-order valence-corrected chi connectivity index (χ3v) is 5.84. The number of sulfone groups is 1. The highest BCUT2D eigenvalue weighted by Gasteiger charge is 2.33. The predicted octanol–water partition coefficient (Wildman–Crippen LogP) is 0.166. The Bertz CT molecular complexity index is 798. The summed E-state index contributed by atoms with van der Waals surface area (Å²) in [6.45, 7) is -0.171. The Balaban J connectivity index is 1.70. The molecule has 3 rings (SSSR count). The summed E-state index contributed by atoms with van der Waals surface area (Å²) in [5.74, 6) is -1.33. The van der Waals surface area contributed by atoms with E-state index in [2.05, 4.69) is 0 Å². The summed E-state index contributed by atoms with van der Waals surface area (Å²) in [7, 11) is -3.66. The average molecular weight is 336 g/mol. The first-order valence-corrected chi connectivity index (χ1v) is 8.58. The zero-order chi connectivity index (χ0) is 16.6. The van der Waals surface area contributed by atoms with Crippen molar-refractivity contribution in [3.8, 4) is 0 Å². The molecular formula is C15H14NO6S-. The number of ether oxygens (including phenoxy) is 1. The van der Waals surface area contributed by atoms with Gasteiger partial charge in [0.15, 0.2) is 0 Å². The van der Waals surface area contributed by atoms with Gasteiger partial charge in [-0.25, -0.2) is 13.2 Å². The van der Waals surface area contributed by atoms with Gasteiger partial charge in [0.25, 0.3) is 0 Å². The van der Waals surface area contributed by atoms with Crippen LogP contribution in [0.25, 0.3) is 6.08 Å². The summed E-state index contributed by atoms with van der Waals surface area (Å²) < 4.78 is 29.6. The molecule has 1 amide bonds. The van der Waals surface area contributed by atoms with Crippen LogP contribution >= 0.6 is 0 Å². The van der Waals surface area contributed by atoms with Gasteiger partial charge in [0.05, 0.1) is 21.8 Å². The Morgan fingerprint density at radius 2 is 2.04 bits per heavy atom. The lowest BCUT2D eigenvalue weighted by Crippen LogP contribution is -2.47. The van der Waals surface area contributed by atoms with Crippen LogP contribution < -0.4 is 5.11 Å². The van der Waals surface area contributed by atoms with Crippen molar-refractivity contribution in [2.45, 2.75) is 23.8 Å². The molecule has 122 valence electrons. The van der Waals surface area contributed by atoms with Crippen LogP contribution in [0.3, 0.4) is 0 Å². The first-order chi connectivity index (χ1) is 10.9. The van der Waals surface area contributed by atoms with E-state index in [0.29, 0.717) is 18.4 Å². The van der Waals surface area contributed by atoms with Crippen molar-refractivity contribution >= 4 is 28.0 Å². The molecular weight excluding hydrogens is 322 g/mol. The van der Waals surface area contributed by atoms with Crippen molar-refractivity contribution in [2.75, 3.05) is 13.2 Å². The summed E-state index contributed by atoms with van der Waals surface area (Å²) in [6, 6.07) is 5.47. The Morgan fingerprint density at radius 1 is 1.30 bits per heavy atom. The lowest BCUT2D eigenvalue weighted by Gasteiger charge is -2.24. The maximum absolute atomic E-state index is 12.3. The molecule has 2 aliphatic heterocycles. The molecule has 0 saturated carbocycles. The SMILES string of the molecule is O=C([O-])[C@@H]1CCCN1C(=O)OCC1=Cc2ccccc2S1(=O)=O. The molecule has 1 fully saturated rings. The summed E-state index contributed by atoms with van der Waals surface area (Å²) in [5, 5.41) is 11.0. The lowest BCUT2D eigenvalue weighted by molar-refractivity contribution is -0.310. The molecule has 8 heteroatoms. The van der Waals surface area contributed by atoms with Gasteiger partial charge in [-0.1, -0.05) is 18.2 Å². The molecule has 23 heavy (non-hydrogen) atoms. The van der Waals surface area contributed by atoms with Crippen LogP contribution in [0.4, 0.5) is 4.79 Å². The van der Waals surface area contributed by atoms with Gasteiger partial charge in [-0.3, -0.25) is 4.90 Å². The van der Waals surface area contributed by atoms with Crippen LogP contribution in [-0.4, -0.2) is 44.6 Å². The predicted molar refractivity (Wildman–Crippen MR) is 77.7 cm³/mol. The molecule has 0 aromatic heterocycles. The molecule has 2 heterocycles. The zero-order valence-corrected chi connectivity index (χ0v) is 12.9. The third-order valence-electron chi connectivity index (χ3n) is 3.97. The molecule has 1 aromatic carbocycles. The van der Waals surface area contributed by atoms with Crippen molar-refractivity contribution in [1.29, 1.82) is 0 Å². The third kappa shape index (κ3) is 2.70. The fraction of sp³-hybridized carbons (Fsp3) is 0.333. The second kappa shape index (κ2) is 5.69. The van der Waals surface area contributed by atoms with E-state index in [0.717, 1.165) is 4.90 Å². The van der Waals surface area contributed by atoms with Crippen LogP contribution in [0.1, 0.15) is 18.4 Å². The highest BCUT2D eigenvalue weighted by molar-refractivity contribution is 7.95. The van der Waals surface area contributed by atoms with Crippen LogP contribution in [0.2, 0.25) is 0 Å². The van der Waals surface area contributed by atoms with Gasteiger partial charge in [0.1, 0.15) is 6.61 Å². The number of likely N-dealkylation sites (tertiary alicyclic amines) is 1. The second-order valence-corrected chi connectivity index (χ2v) is 7.35. The number of carboxylic acids is 1. The number of carbonyl (C=O) groups is 2. The maximum atomic E-state index is 12.3. The summed E-state index contributed by atoms with van der Waals surface area (Å²) in [6.07, 6.45) is 1.46. The van der Waals surface area contributed by atoms with E-state index in [4.69, 9.17) is 4.74 Å². The minimum absolute atomic E-state index is 0.0174. The van der Waals surface area contributed by atoms with Gasteiger partial charge in [0, 0.05) is 6.54 Å². The van der Waals surface area contributed by atoms with E-state index in [1.165, 1.54) is 12.1 Å². The molecule has 0 bridgehead atoms. The Kier molecular flexibility index (Phi) is 3.85. The quantitative estimate of drug-likeness (QED) is 0.779. The van der Waals surface area contributed by atoms with Crippen LogP contribution in [-0.2, 0) is 19.4 Å². The fourth-order valence-electron chi connectivity index (χ4n) is 2.80. The fourth-order valence-corrected chi connectivity index (χ4v) is 4.28. The molecule has 0 radical (unpaired) electrons. The molecule has 0 unspecified atom stereocenters. The van der Waals surface area contributed by atoms with E-state index >= 15 is 0 Å². The van der Waals surface area contributed by atoms with Gasteiger partial charge in [-0.05, 0) is 30.5 Å². The number of hydrogen-bond acceptors (Lipinski definition) is 6. The summed E-state index contributed by atoms with van der Waals surface area (Å²) >= 11 is 0. The number of carboxylic acid groups (broad SMARTS) is 1. The van der Waals surface area contributed by atoms with Gasteiger partial charge < -0.3 is 14.6 Å². The normalized spacial score (nSPS) is 21.7. The van der Waals surface area contributed by atoms with Gasteiger partial charge >= 0.3 is 6.09 Å². The van der Waals surface area contributed by atoms with Gasteiger partial charge in [-0.2, -0.15) is 0 Å². The standard InChI is InChI=1S/C15H15NO6S/c17-14(18)12-5-3-7-16(12)15(19)22-9-11-8-10-4-1-2-6-13(10)23(11,20)21/h1-2,4,6,8,12H,3,5,7,9H2,(H,17,18)/p-1/t12-/m0/s1. The van der Waals surface area contributed by atoms with Crippen LogP contribution in [0.5, 0.6) is 0 Å². The van der Waals surface area contributed by atoms with Crippen LogP contribution in [0.15, 0.2) is 34.1 Å². The number of hydrogen-bond donors (Lipinski definition) is 0. The van der Waals surface area contributed by atoms with E-state index < -0.39 is 34.5 Å². The maximum Gasteiger partial charge on any atom is 0.410 e. The molecule has 2 aliphatic rings. The van der Waals surface area contributed by atoms with E-state index in [9.17, 15) is 23.1 Å². The van der Waals surface area contributed by atoms with Crippen molar-refractivity contribution in [3.63, 3.8) is 0 Å². The zero-order valence-electron chi connectivity index (χ0n) is 12.1. The first-order valence-electron chi connectivity index (χ1n) is 7.10. The summed E-state index contributed by atoms with van der Waals surface area (Å²) in [4.78, 5) is 24.2. The molecule has 1 saturated heterocycles. The highest BCUT2D eigenvalue weighted by atomic mass is 32.2. The molecule has 1 aromatic rings. The second-order valence-electron chi connectivity index (χ2n) is 5.38. The Hall–Kier alpha value is -2.35. The van der Waals surface area contributed by atoms with Crippen molar-refractivity contribution < 1.29 is 27.9 Å². The Labute approximate surface area is 133 Å². The number of carbonyl (C=O) groups excluding carboxylic acids is 2. The monoisotopic (exact) mass is 336 g/mol. The molecule has 1 atom stereocenters. The van der Waals surface area contributed by atoms with Crippen molar-refractivity contribution in [1.82, 2.24) is 4.90 Å². The number of fused-ring (bicyclic) bond motifs is 1. The number of rotatable bonds is 3.